The van der Waals surface area contributed by atoms with Gasteiger partial charge in [0.05, 0.1) is 0 Å². The average Bonchev–Trinajstić information content (AvgIpc) is 3.39. The summed E-state index contributed by atoms with van der Waals surface area (Å²) in [7, 11) is 0. The van der Waals surface area contributed by atoms with Crippen molar-refractivity contribution in [3.05, 3.63) is 158 Å². The van der Waals surface area contributed by atoms with Gasteiger partial charge in [-0.25, -0.2) is 0 Å². The van der Waals surface area contributed by atoms with Gasteiger partial charge in [0, 0.05) is 0 Å². The fraction of sp³-hybridized carbons (Fsp3) is 0. The van der Waals surface area contributed by atoms with E-state index in [9.17, 15) is 0 Å². The third kappa shape index (κ3) is 3.42. The Morgan fingerprint density at radius 3 is 1.67 bits per heavy atom. The second-order valence-electron chi connectivity index (χ2n) is 11.3. The molecule has 0 atom stereocenters. The maximum Gasteiger partial charge on any atom is -0.00201 e. The lowest BCUT2D eigenvalue weighted by Crippen LogP contribution is -1.89. The van der Waals surface area contributed by atoms with Gasteiger partial charge in [-0.05, 0) is 106 Å². The molecule has 0 fully saturated rings. The average molecular weight is 531 g/mol. The van der Waals surface area contributed by atoms with Gasteiger partial charge >= 0.3 is 0 Å². The van der Waals surface area contributed by atoms with E-state index >= 15 is 0 Å². The summed E-state index contributed by atoms with van der Waals surface area (Å²) in [5.41, 5.74) is 12.9. The highest BCUT2D eigenvalue weighted by molar-refractivity contribution is 6.20. The molecule has 0 spiro atoms. The van der Waals surface area contributed by atoms with E-state index in [-0.39, 0.29) is 0 Å². The van der Waals surface area contributed by atoms with E-state index in [1.54, 1.807) is 0 Å². The SMILES string of the molecule is c1ccc(-c2cc3ccccc3cc2-c2ccc3c4c(cccc24)-c2cc(-c4cccc5ccccc45)ccc2-3)cc1. The van der Waals surface area contributed by atoms with Crippen molar-refractivity contribution >= 4 is 32.3 Å². The first-order valence-electron chi connectivity index (χ1n) is 14.6. The van der Waals surface area contributed by atoms with Crippen molar-refractivity contribution in [2.75, 3.05) is 0 Å². The zero-order chi connectivity index (χ0) is 27.6. The van der Waals surface area contributed by atoms with Crippen LogP contribution in [0.4, 0.5) is 0 Å². The van der Waals surface area contributed by atoms with Crippen LogP contribution in [0.15, 0.2) is 158 Å². The van der Waals surface area contributed by atoms with E-state index in [0.717, 1.165) is 0 Å². The molecule has 0 N–H and O–H groups in total. The zero-order valence-electron chi connectivity index (χ0n) is 23.0. The first-order valence-corrected chi connectivity index (χ1v) is 14.6. The molecule has 9 rings (SSSR count). The predicted molar refractivity (Wildman–Crippen MR) is 180 cm³/mol. The van der Waals surface area contributed by atoms with E-state index in [2.05, 4.69) is 158 Å². The van der Waals surface area contributed by atoms with Gasteiger partial charge in [-0.2, -0.15) is 0 Å². The van der Waals surface area contributed by atoms with Crippen LogP contribution in [0.1, 0.15) is 0 Å². The normalized spacial score (nSPS) is 11.8. The highest BCUT2D eigenvalue weighted by atomic mass is 14.3. The lowest BCUT2D eigenvalue weighted by atomic mass is 9.88. The molecule has 42 heavy (non-hydrogen) atoms. The van der Waals surface area contributed by atoms with Crippen LogP contribution in [-0.2, 0) is 0 Å². The smallest absolute Gasteiger partial charge is 0.00201 e. The third-order valence-corrected chi connectivity index (χ3v) is 9.00. The van der Waals surface area contributed by atoms with Crippen molar-refractivity contribution in [1.29, 1.82) is 0 Å². The lowest BCUT2D eigenvalue weighted by Gasteiger charge is -2.16. The van der Waals surface area contributed by atoms with Crippen molar-refractivity contribution in [2.24, 2.45) is 0 Å². The maximum atomic E-state index is 2.40. The highest BCUT2D eigenvalue weighted by Crippen LogP contribution is 2.51. The van der Waals surface area contributed by atoms with Crippen molar-refractivity contribution < 1.29 is 0 Å². The van der Waals surface area contributed by atoms with Gasteiger partial charge < -0.3 is 0 Å². The fourth-order valence-electron chi connectivity index (χ4n) is 7.06. The molecule has 0 radical (unpaired) electrons. The summed E-state index contributed by atoms with van der Waals surface area (Å²) in [4.78, 5) is 0. The van der Waals surface area contributed by atoms with E-state index < -0.39 is 0 Å². The molecule has 0 heteroatoms. The summed E-state index contributed by atoms with van der Waals surface area (Å²) in [5.74, 6) is 0. The van der Waals surface area contributed by atoms with Crippen molar-refractivity contribution in [2.45, 2.75) is 0 Å². The number of rotatable bonds is 3. The van der Waals surface area contributed by atoms with Gasteiger partial charge in [-0.3, -0.25) is 0 Å². The van der Waals surface area contributed by atoms with E-state index in [1.807, 2.05) is 0 Å². The van der Waals surface area contributed by atoms with E-state index in [4.69, 9.17) is 0 Å². The Hall–Kier alpha value is -5.46. The molecule has 1 aliphatic rings. The van der Waals surface area contributed by atoms with Gasteiger partial charge in [0.15, 0.2) is 0 Å². The van der Waals surface area contributed by atoms with Crippen LogP contribution < -0.4 is 0 Å². The van der Waals surface area contributed by atoms with Crippen LogP contribution >= 0.6 is 0 Å². The van der Waals surface area contributed by atoms with Gasteiger partial charge in [-0.1, -0.05) is 140 Å². The Balaban J connectivity index is 1.28. The molecule has 8 aromatic carbocycles. The summed E-state index contributed by atoms with van der Waals surface area (Å²) < 4.78 is 0. The van der Waals surface area contributed by atoms with Crippen LogP contribution in [0.25, 0.3) is 88.0 Å². The monoisotopic (exact) mass is 530 g/mol. The second kappa shape index (κ2) is 9.03. The molecule has 0 aliphatic heterocycles. The number of hydrogen-bond acceptors (Lipinski definition) is 0. The van der Waals surface area contributed by atoms with Crippen molar-refractivity contribution in [3.63, 3.8) is 0 Å². The Kier molecular flexibility index (Phi) is 5.00. The van der Waals surface area contributed by atoms with Gasteiger partial charge in [-0.15, -0.1) is 0 Å². The molecule has 1 aliphatic carbocycles. The molecule has 0 unspecified atom stereocenters. The molecule has 0 amide bonds. The Morgan fingerprint density at radius 2 is 0.810 bits per heavy atom. The van der Waals surface area contributed by atoms with Gasteiger partial charge in [0.25, 0.3) is 0 Å². The topological polar surface area (TPSA) is 0 Å². The molecule has 0 saturated carbocycles. The minimum Gasteiger partial charge on any atom is -0.0622 e. The Bertz CT molecular complexity index is 2340. The van der Waals surface area contributed by atoms with Gasteiger partial charge in [0.2, 0.25) is 0 Å². The Labute approximate surface area is 245 Å². The van der Waals surface area contributed by atoms with Gasteiger partial charge in [0.1, 0.15) is 0 Å². The molecule has 8 aromatic rings. The van der Waals surface area contributed by atoms with Crippen LogP contribution in [0.3, 0.4) is 0 Å². The van der Waals surface area contributed by atoms with Crippen LogP contribution in [0, 0.1) is 0 Å². The highest BCUT2D eigenvalue weighted by Gasteiger charge is 2.24. The number of benzene rings is 8. The zero-order valence-corrected chi connectivity index (χ0v) is 23.0. The molecule has 0 aromatic heterocycles. The minimum atomic E-state index is 1.24. The predicted octanol–water partition coefficient (Wildman–Crippen LogP) is 11.8. The third-order valence-electron chi connectivity index (χ3n) is 9.00. The molecule has 0 bridgehead atoms. The minimum absolute atomic E-state index is 1.24. The van der Waals surface area contributed by atoms with Crippen molar-refractivity contribution in [1.82, 2.24) is 0 Å². The van der Waals surface area contributed by atoms with E-state index in [0.29, 0.717) is 0 Å². The summed E-state index contributed by atoms with van der Waals surface area (Å²) in [6.45, 7) is 0. The summed E-state index contributed by atoms with van der Waals surface area (Å²) >= 11 is 0. The fourth-order valence-corrected chi connectivity index (χ4v) is 7.06. The summed E-state index contributed by atoms with van der Waals surface area (Å²) in [6, 6.07) is 58.0. The maximum absolute atomic E-state index is 2.40. The molecular weight excluding hydrogens is 504 g/mol. The number of fused-ring (bicyclic) bond motifs is 5. The molecule has 0 nitrogen and oxygen atoms in total. The van der Waals surface area contributed by atoms with Crippen LogP contribution in [0.2, 0.25) is 0 Å². The largest absolute Gasteiger partial charge is 0.0622 e. The summed E-state index contributed by atoms with van der Waals surface area (Å²) in [5, 5.41) is 7.75. The lowest BCUT2D eigenvalue weighted by molar-refractivity contribution is 1.62. The first-order chi connectivity index (χ1) is 20.8. The quantitative estimate of drug-likeness (QED) is 0.213. The van der Waals surface area contributed by atoms with Crippen LogP contribution in [-0.4, -0.2) is 0 Å². The molecule has 194 valence electrons. The number of hydrogen-bond donors (Lipinski definition) is 0. The van der Waals surface area contributed by atoms with Crippen LogP contribution in [0.5, 0.6) is 0 Å². The molecule has 0 heterocycles. The second-order valence-corrected chi connectivity index (χ2v) is 11.3. The molecule has 0 saturated heterocycles. The van der Waals surface area contributed by atoms with Crippen molar-refractivity contribution in [3.8, 4) is 55.6 Å². The Morgan fingerprint density at radius 1 is 0.238 bits per heavy atom. The standard InChI is InChI=1S/C42H26/c1-2-10-28(11-3-1)39-24-29-13-4-5-14-30(29)25-41(39)35-22-23-38-34-21-20-31(26-40(34)37-19-9-18-36(35)42(37)38)33-17-8-15-27-12-6-7-16-32(27)33/h1-26H. The van der Waals surface area contributed by atoms with E-state index in [1.165, 1.54) is 88.0 Å². The summed E-state index contributed by atoms with van der Waals surface area (Å²) in [6.07, 6.45) is 0. The first kappa shape index (κ1) is 23.3. The molecular formula is C42H26.